The summed E-state index contributed by atoms with van der Waals surface area (Å²) in [6.45, 7) is 10.6. The Kier molecular flexibility index (Phi) is 6.48. The molecule has 1 saturated heterocycles. The van der Waals surface area contributed by atoms with Crippen LogP contribution in [0.2, 0.25) is 0 Å². The van der Waals surface area contributed by atoms with E-state index >= 15 is 0 Å². The predicted octanol–water partition coefficient (Wildman–Crippen LogP) is 4.94. The molecule has 2 heterocycles. The number of hydrogen-bond donors (Lipinski definition) is 0. The van der Waals surface area contributed by atoms with Gasteiger partial charge in [0, 0.05) is 18.7 Å². The van der Waals surface area contributed by atoms with Gasteiger partial charge in [-0.3, -0.25) is 0 Å². The van der Waals surface area contributed by atoms with Crippen LogP contribution < -0.4 is 0 Å². The Hall–Kier alpha value is -2.83. The summed E-state index contributed by atoms with van der Waals surface area (Å²) in [4.78, 5) is 31.2. The molecule has 1 atom stereocenters. The minimum absolute atomic E-state index is 0.112. The third-order valence-electron chi connectivity index (χ3n) is 4.85. The van der Waals surface area contributed by atoms with E-state index in [1.54, 1.807) is 11.8 Å². The molecule has 162 valence electrons. The lowest BCUT2D eigenvalue weighted by atomic mass is 9.98. The van der Waals surface area contributed by atoms with Crippen molar-refractivity contribution in [3.8, 4) is 11.3 Å². The molecule has 1 aliphatic heterocycles. The van der Waals surface area contributed by atoms with Crippen LogP contribution in [0.15, 0.2) is 28.7 Å². The van der Waals surface area contributed by atoms with Crippen molar-refractivity contribution in [1.29, 1.82) is 0 Å². The summed E-state index contributed by atoms with van der Waals surface area (Å²) in [6, 6.07) is 7.71. The van der Waals surface area contributed by atoms with Gasteiger partial charge in [0.1, 0.15) is 5.60 Å². The number of nitrogens with zero attached hydrogens (tertiary/aromatic N) is 2. The zero-order valence-electron chi connectivity index (χ0n) is 18.4. The van der Waals surface area contributed by atoms with Crippen LogP contribution in [0.4, 0.5) is 4.79 Å². The molecule has 0 spiro atoms. The lowest BCUT2D eigenvalue weighted by molar-refractivity contribution is 0.0190. The Labute approximate surface area is 177 Å². The number of carbonyl (C=O) groups is 2. The smallest absolute Gasteiger partial charge is 0.410 e. The molecule has 7 nitrogen and oxygen atoms in total. The van der Waals surface area contributed by atoms with E-state index in [1.165, 1.54) is 0 Å². The van der Waals surface area contributed by atoms with Gasteiger partial charge in [-0.2, -0.15) is 0 Å². The van der Waals surface area contributed by atoms with Gasteiger partial charge in [0.15, 0.2) is 11.5 Å². The Morgan fingerprint density at radius 3 is 2.57 bits per heavy atom. The van der Waals surface area contributed by atoms with Gasteiger partial charge < -0.3 is 18.8 Å². The third-order valence-corrected chi connectivity index (χ3v) is 4.85. The number of rotatable bonds is 4. The van der Waals surface area contributed by atoms with Gasteiger partial charge in [-0.15, -0.1) is 0 Å². The normalized spacial score (nSPS) is 17.0. The van der Waals surface area contributed by atoms with Crippen LogP contribution in [0, 0.1) is 6.92 Å². The molecule has 7 heteroatoms. The van der Waals surface area contributed by atoms with Crippen LogP contribution in [-0.2, 0) is 9.47 Å². The van der Waals surface area contributed by atoms with Crippen LogP contribution in [0.3, 0.4) is 0 Å². The number of esters is 1. The maximum Gasteiger partial charge on any atom is 0.410 e. The molecule has 0 bridgehead atoms. The van der Waals surface area contributed by atoms with Gasteiger partial charge in [0.05, 0.1) is 12.5 Å². The van der Waals surface area contributed by atoms with Crippen molar-refractivity contribution in [2.24, 2.45) is 0 Å². The highest BCUT2D eigenvalue weighted by Crippen LogP contribution is 2.33. The second-order valence-corrected chi connectivity index (χ2v) is 8.58. The van der Waals surface area contributed by atoms with Gasteiger partial charge >= 0.3 is 12.1 Å². The first kappa shape index (κ1) is 21.9. The van der Waals surface area contributed by atoms with E-state index < -0.39 is 11.6 Å². The van der Waals surface area contributed by atoms with E-state index in [0.717, 1.165) is 24.0 Å². The number of aromatic nitrogens is 1. The summed E-state index contributed by atoms with van der Waals surface area (Å²) in [7, 11) is 0. The molecule has 2 aromatic rings. The van der Waals surface area contributed by atoms with E-state index in [9.17, 15) is 9.59 Å². The van der Waals surface area contributed by atoms with Crippen molar-refractivity contribution in [3.63, 3.8) is 0 Å². The average Bonchev–Trinajstić information content (AvgIpc) is 3.13. The summed E-state index contributed by atoms with van der Waals surface area (Å²) in [6.07, 6.45) is 1.28. The number of benzene rings is 1. The van der Waals surface area contributed by atoms with Crippen molar-refractivity contribution >= 4 is 12.1 Å². The standard InChI is InChI=1S/C23H30N2O5/c1-6-28-21(26)18-19(16-11-9-15(2)10-12-16)29-20(24-18)17-8-7-13-25(14-17)22(27)30-23(3,4)5/h9-12,17H,6-8,13-14H2,1-5H3. The third kappa shape index (κ3) is 5.20. The molecule has 0 N–H and O–H groups in total. The maximum absolute atomic E-state index is 12.5. The lowest BCUT2D eigenvalue weighted by Crippen LogP contribution is -2.42. The largest absolute Gasteiger partial charge is 0.461 e. The van der Waals surface area contributed by atoms with Gasteiger partial charge in [-0.1, -0.05) is 29.8 Å². The van der Waals surface area contributed by atoms with Crippen LogP contribution >= 0.6 is 0 Å². The number of oxazole rings is 1. The van der Waals surface area contributed by atoms with Gasteiger partial charge in [-0.05, 0) is 47.5 Å². The SMILES string of the molecule is CCOC(=O)c1nc(C2CCCN(C(=O)OC(C)(C)C)C2)oc1-c1ccc(C)cc1. The monoisotopic (exact) mass is 414 g/mol. The number of ether oxygens (including phenoxy) is 2. The molecular formula is C23H30N2O5. The number of hydrogen-bond acceptors (Lipinski definition) is 6. The molecule has 1 aromatic carbocycles. The van der Waals surface area contributed by atoms with Crippen molar-refractivity contribution in [2.45, 2.75) is 59.0 Å². The Morgan fingerprint density at radius 2 is 1.93 bits per heavy atom. The zero-order valence-corrected chi connectivity index (χ0v) is 18.4. The molecule has 1 fully saturated rings. The van der Waals surface area contributed by atoms with Crippen LogP contribution in [0.25, 0.3) is 11.3 Å². The minimum atomic E-state index is -0.553. The molecule has 0 saturated carbocycles. The van der Waals surface area contributed by atoms with E-state index in [-0.39, 0.29) is 24.3 Å². The first-order chi connectivity index (χ1) is 14.2. The van der Waals surface area contributed by atoms with Gasteiger partial charge in [0.25, 0.3) is 0 Å². The van der Waals surface area contributed by atoms with Crippen LogP contribution in [0.5, 0.6) is 0 Å². The fraction of sp³-hybridized carbons (Fsp3) is 0.522. The molecule has 0 radical (unpaired) electrons. The van der Waals surface area contributed by atoms with Gasteiger partial charge in [-0.25, -0.2) is 14.6 Å². The fourth-order valence-corrected chi connectivity index (χ4v) is 3.42. The predicted molar refractivity (Wildman–Crippen MR) is 112 cm³/mol. The summed E-state index contributed by atoms with van der Waals surface area (Å²) >= 11 is 0. The Bertz CT molecular complexity index is 895. The molecule has 1 aromatic heterocycles. The number of amides is 1. The summed E-state index contributed by atoms with van der Waals surface area (Å²) in [5.41, 5.74) is 1.49. The van der Waals surface area contributed by atoms with Gasteiger partial charge in [0.2, 0.25) is 5.89 Å². The molecular weight excluding hydrogens is 384 g/mol. The highest BCUT2D eigenvalue weighted by molar-refractivity contribution is 5.93. The molecule has 1 aliphatic rings. The first-order valence-electron chi connectivity index (χ1n) is 10.4. The van der Waals surface area contributed by atoms with E-state index in [2.05, 4.69) is 4.98 Å². The highest BCUT2D eigenvalue weighted by atomic mass is 16.6. The maximum atomic E-state index is 12.5. The van der Waals surface area contributed by atoms with E-state index in [0.29, 0.717) is 24.7 Å². The first-order valence-corrected chi connectivity index (χ1v) is 10.4. The van der Waals surface area contributed by atoms with Crippen molar-refractivity contribution in [3.05, 3.63) is 41.4 Å². The number of aryl methyl sites for hydroxylation is 1. The van der Waals surface area contributed by atoms with Crippen LogP contribution in [-0.4, -0.2) is 47.2 Å². The number of likely N-dealkylation sites (tertiary alicyclic amines) is 1. The number of piperidine rings is 1. The van der Waals surface area contributed by atoms with Crippen molar-refractivity contribution in [2.75, 3.05) is 19.7 Å². The molecule has 1 amide bonds. The summed E-state index contributed by atoms with van der Waals surface area (Å²) < 4.78 is 16.8. The van der Waals surface area contributed by atoms with E-state index in [4.69, 9.17) is 13.9 Å². The summed E-state index contributed by atoms with van der Waals surface area (Å²) in [5.74, 6) is 0.223. The zero-order chi connectivity index (χ0) is 21.9. The second-order valence-electron chi connectivity index (χ2n) is 8.58. The van der Waals surface area contributed by atoms with E-state index in [1.807, 2.05) is 52.0 Å². The lowest BCUT2D eigenvalue weighted by Gasteiger charge is -2.32. The van der Waals surface area contributed by atoms with Crippen LogP contribution in [0.1, 0.15) is 68.4 Å². The highest BCUT2D eigenvalue weighted by Gasteiger charge is 2.33. The quantitative estimate of drug-likeness (QED) is 0.659. The Balaban J connectivity index is 1.88. The fourth-order valence-electron chi connectivity index (χ4n) is 3.42. The van der Waals surface area contributed by atoms with Crippen molar-refractivity contribution in [1.82, 2.24) is 9.88 Å². The second kappa shape index (κ2) is 8.90. The minimum Gasteiger partial charge on any atom is -0.461 e. The Morgan fingerprint density at radius 1 is 1.23 bits per heavy atom. The summed E-state index contributed by atoms with van der Waals surface area (Å²) in [5, 5.41) is 0. The molecule has 3 rings (SSSR count). The topological polar surface area (TPSA) is 81.9 Å². The molecule has 30 heavy (non-hydrogen) atoms. The van der Waals surface area contributed by atoms with Crippen molar-refractivity contribution < 1.29 is 23.5 Å². The number of carbonyl (C=O) groups excluding carboxylic acids is 2. The molecule has 0 aliphatic carbocycles. The average molecular weight is 415 g/mol. The molecule has 1 unspecified atom stereocenters.